The van der Waals surface area contributed by atoms with Crippen molar-refractivity contribution in [1.29, 1.82) is 0 Å². The summed E-state index contributed by atoms with van der Waals surface area (Å²) >= 11 is 0. The van der Waals surface area contributed by atoms with Crippen molar-refractivity contribution in [1.82, 2.24) is 4.90 Å². The third-order valence-electron chi connectivity index (χ3n) is 2.68. The van der Waals surface area contributed by atoms with Crippen LogP contribution >= 0.6 is 0 Å². The van der Waals surface area contributed by atoms with Crippen LogP contribution in [0.15, 0.2) is 24.3 Å². The van der Waals surface area contributed by atoms with Crippen LogP contribution in [0.5, 0.6) is 0 Å². The van der Waals surface area contributed by atoms with Gasteiger partial charge in [-0.15, -0.1) is 0 Å². The van der Waals surface area contributed by atoms with Crippen molar-refractivity contribution >= 4 is 5.97 Å². The van der Waals surface area contributed by atoms with Crippen molar-refractivity contribution in [3.05, 3.63) is 35.6 Å². The Bertz CT molecular complexity index is 351. The summed E-state index contributed by atoms with van der Waals surface area (Å²) < 4.78 is 12.6. The van der Waals surface area contributed by atoms with Crippen molar-refractivity contribution < 1.29 is 14.3 Å². The number of benzene rings is 1. The highest BCUT2D eigenvalue weighted by Crippen LogP contribution is 2.05. The normalized spacial score (nSPS) is 12.8. The van der Waals surface area contributed by atoms with E-state index >= 15 is 0 Å². The maximum atomic E-state index is 12.6. The van der Waals surface area contributed by atoms with Gasteiger partial charge in [-0.25, -0.2) is 4.39 Å². The SMILES string of the molecule is CC(C(=O)O)N(C)CCc1ccc(F)cc1. The zero-order chi connectivity index (χ0) is 12.1. The fourth-order valence-corrected chi connectivity index (χ4v) is 1.34. The van der Waals surface area contributed by atoms with E-state index in [1.54, 1.807) is 31.0 Å². The number of hydrogen-bond donors (Lipinski definition) is 1. The molecule has 1 unspecified atom stereocenters. The molecule has 0 saturated heterocycles. The van der Waals surface area contributed by atoms with Crippen molar-refractivity contribution in [2.24, 2.45) is 0 Å². The van der Waals surface area contributed by atoms with Crippen LogP contribution in [0.25, 0.3) is 0 Å². The van der Waals surface area contributed by atoms with Gasteiger partial charge >= 0.3 is 5.97 Å². The summed E-state index contributed by atoms with van der Waals surface area (Å²) in [6.45, 7) is 2.28. The van der Waals surface area contributed by atoms with Crippen LogP contribution in [-0.2, 0) is 11.2 Å². The monoisotopic (exact) mass is 225 g/mol. The molecule has 1 N–H and O–H groups in total. The van der Waals surface area contributed by atoms with Gasteiger partial charge in [0.1, 0.15) is 11.9 Å². The van der Waals surface area contributed by atoms with E-state index in [2.05, 4.69) is 0 Å². The predicted octanol–water partition coefficient (Wildman–Crippen LogP) is 1.77. The number of aliphatic carboxylic acids is 1. The number of likely N-dealkylation sites (N-methyl/N-ethyl adjacent to an activating group) is 1. The summed E-state index contributed by atoms with van der Waals surface area (Å²) in [5.41, 5.74) is 1.01. The van der Waals surface area contributed by atoms with Gasteiger partial charge in [0, 0.05) is 6.54 Å². The fraction of sp³-hybridized carbons (Fsp3) is 0.417. The molecule has 0 radical (unpaired) electrons. The Labute approximate surface area is 94.5 Å². The molecule has 0 bridgehead atoms. The van der Waals surface area contributed by atoms with E-state index in [-0.39, 0.29) is 5.82 Å². The first kappa shape index (κ1) is 12.6. The number of carboxylic acid groups (broad SMARTS) is 1. The molecule has 1 rings (SSSR count). The summed E-state index contributed by atoms with van der Waals surface area (Å²) in [6.07, 6.45) is 0.717. The van der Waals surface area contributed by atoms with Crippen LogP contribution in [0.4, 0.5) is 4.39 Å². The Kier molecular flexibility index (Phi) is 4.43. The maximum Gasteiger partial charge on any atom is 0.320 e. The number of hydrogen-bond acceptors (Lipinski definition) is 2. The second-order valence-corrected chi connectivity index (χ2v) is 3.87. The molecule has 1 aromatic rings. The summed E-state index contributed by atoms with van der Waals surface area (Å²) in [5, 5.41) is 8.79. The van der Waals surface area contributed by atoms with Crippen molar-refractivity contribution in [2.75, 3.05) is 13.6 Å². The molecule has 1 atom stereocenters. The summed E-state index contributed by atoms with van der Waals surface area (Å²) in [7, 11) is 1.77. The van der Waals surface area contributed by atoms with Crippen molar-refractivity contribution in [3.8, 4) is 0 Å². The number of halogens is 1. The van der Waals surface area contributed by atoms with Crippen LogP contribution in [0.2, 0.25) is 0 Å². The lowest BCUT2D eigenvalue weighted by Gasteiger charge is -2.20. The third-order valence-corrected chi connectivity index (χ3v) is 2.68. The van der Waals surface area contributed by atoms with Gasteiger partial charge in [-0.3, -0.25) is 9.69 Å². The van der Waals surface area contributed by atoms with E-state index in [0.29, 0.717) is 13.0 Å². The highest BCUT2D eigenvalue weighted by atomic mass is 19.1. The first-order chi connectivity index (χ1) is 7.50. The van der Waals surface area contributed by atoms with E-state index in [4.69, 9.17) is 5.11 Å². The fourth-order valence-electron chi connectivity index (χ4n) is 1.34. The van der Waals surface area contributed by atoms with Gasteiger partial charge in [0.05, 0.1) is 0 Å². The largest absolute Gasteiger partial charge is 0.480 e. The molecule has 3 nitrogen and oxygen atoms in total. The third kappa shape index (κ3) is 3.62. The Balaban J connectivity index is 2.45. The van der Waals surface area contributed by atoms with E-state index < -0.39 is 12.0 Å². The highest BCUT2D eigenvalue weighted by molar-refractivity contribution is 5.72. The van der Waals surface area contributed by atoms with E-state index in [1.165, 1.54) is 12.1 Å². The molecule has 0 aliphatic rings. The van der Waals surface area contributed by atoms with E-state index in [1.807, 2.05) is 0 Å². The van der Waals surface area contributed by atoms with Crippen molar-refractivity contribution in [3.63, 3.8) is 0 Å². The minimum atomic E-state index is -0.832. The van der Waals surface area contributed by atoms with E-state index in [0.717, 1.165) is 5.56 Å². The number of rotatable bonds is 5. The Morgan fingerprint density at radius 2 is 2.00 bits per heavy atom. The van der Waals surface area contributed by atoms with Gasteiger partial charge in [-0.05, 0) is 38.1 Å². The van der Waals surface area contributed by atoms with Gasteiger partial charge < -0.3 is 5.11 Å². The van der Waals surface area contributed by atoms with Gasteiger partial charge in [0.15, 0.2) is 0 Å². The van der Waals surface area contributed by atoms with Gasteiger partial charge in [0.2, 0.25) is 0 Å². The number of nitrogens with zero attached hydrogens (tertiary/aromatic N) is 1. The molecule has 0 amide bonds. The molecule has 0 aromatic heterocycles. The molecule has 1 aromatic carbocycles. The average molecular weight is 225 g/mol. The smallest absolute Gasteiger partial charge is 0.320 e. The minimum absolute atomic E-state index is 0.254. The van der Waals surface area contributed by atoms with Crippen molar-refractivity contribution in [2.45, 2.75) is 19.4 Å². The molecule has 0 spiro atoms. The van der Waals surface area contributed by atoms with Crippen LogP contribution in [0.3, 0.4) is 0 Å². The molecular formula is C12H16FNO2. The second kappa shape index (κ2) is 5.61. The van der Waals surface area contributed by atoms with E-state index in [9.17, 15) is 9.18 Å². The van der Waals surface area contributed by atoms with Gasteiger partial charge in [-0.1, -0.05) is 12.1 Å². The summed E-state index contributed by atoms with van der Waals surface area (Å²) in [5.74, 6) is -1.09. The molecule has 0 heterocycles. The van der Waals surface area contributed by atoms with Crippen LogP contribution in [0.1, 0.15) is 12.5 Å². The molecule has 88 valence electrons. The van der Waals surface area contributed by atoms with Gasteiger partial charge in [-0.2, -0.15) is 0 Å². The first-order valence-electron chi connectivity index (χ1n) is 5.18. The molecule has 0 saturated carbocycles. The highest BCUT2D eigenvalue weighted by Gasteiger charge is 2.15. The maximum absolute atomic E-state index is 12.6. The lowest BCUT2D eigenvalue weighted by atomic mass is 10.1. The average Bonchev–Trinajstić information content (AvgIpc) is 2.26. The van der Waals surface area contributed by atoms with Crippen LogP contribution in [-0.4, -0.2) is 35.6 Å². The molecule has 0 aliphatic heterocycles. The lowest BCUT2D eigenvalue weighted by molar-refractivity contribution is -0.142. The minimum Gasteiger partial charge on any atom is -0.480 e. The topological polar surface area (TPSA) is 40.5 Å². The lowest BCUT2D eigenvalue weighted by Crippen LogP contribution is -2.37. The number of carbonyl (C=O) groups is 1. The van der Waals surface area contributed by atoms with Crippen LogP contribution < -0.4 is 0 Å². The zero-order valence-corrected chi connectivity index (χ0v) is 9.48. The molecule has 0 fully saturated rings. The standard InChI is InChI=1S/C12H16FNO2/c1-9(12(15)16)14(2)8-7-10-3-5-11(13)6-4-10/h3-6,9H,7-8H2,1-2H3,(H,15,16). The summed E-state index contributed by atoms with van der Waals surface area (Å²) in [4.78, 5) is 12.5. The Morgan fingerprint density at radius 3 is 2.50 bits per heavy atom. The quantitative estimate of drug-likeness (QED) is 0.830. The molecular weight excluding hydrogens is 209 g/mol. The summed E-state index contributed by atoms with van der Waals surface area (Å²) in [6, 6.07) is 5.76. The number of carboxylic acids is 1. The first-order valence-corrected chi connectivity index (χ1v) is 5.18. The predicted molar refractivity (Wildman–Crippen MR) is 59.8 cm³/mol. The molecule has 16 heavy (non-hydrogen) atoms. The second-order valence-electron chi connectivity index (χ2n) is 3.87. The Hall–Kier alpha value is -1.42. The Morgan fingerprint density at radius 1 is 1.44 bits per heavy atom. The van der Waals surface area contributed by atoms with Gasteiger partial charge in [0.25, 0.3) is 0 Å². The zero-order valence-electron chi connectivity index (χ0n) is 9.48. The molecule has 0 aliphatic carbocycles. The van der Waals surface area contributed by atoms with Crippen LogP contribution in [0, 0.1) is 5.82 Å². The molecule has 4 heteroatoms.